The predicted octanol–water partition coefficient (Wildman–Crippen LogP) is 1.79. The normalized spacial score (nSPS) is 9.71. The summed E-state index contributed by atoms with van der Waals surface area (Å²) in [5.74, 6) is 0. The van der Waals surface area contributed by atoms with Crippen LogP contribution >= 0.6 is 11.8 Å². The summed E-state index contributed by atoms with van der Waals surface area (Å²) in [4.78, 5) is 10.2. The van der Waals surface area contributed by atoms with Gasteiger partial charge in [-0.15, -0.1) is 0 Å². The standard InChI is InChI=1S/C4H7OS.Re/c1-4(2)6-3-5;/h4H,1-2H3;. The molecule has 0 amide bonds. The molecular formula is C4H7OReS. The van der Waals surface area contributed by atoms with Gasteiger partial charge in [-0.05, 0) is 0 Å². The zero-order valence-corrected chi connectivity index (χ0v) is 7.80. The first kappa shape index (κ1) is 7.68. The number of hydrogen-bond acceptors (Lipinski definition) is 2. The Labute approximate surface area is 58.6 Å². The third-order valence-electron chi connectivity index (χ3n) is 0.328. The fourth-order valence-corrected chi connectivity index (χ4v) is 2.48. The van der Waals surface area contributed by atoms with Crippen molar-refractivity contribution in [3.8, 4) is 0 Å². The number of rotatable bonds is 1. The van der Waals surface area contributed by atoms with Crippen molar-refractivity contribution in [2.75, 3.05) is 0 Å². The molecule has 0 rings (SSSR count). The van der Waals surface area contributed by atoms with Crippen LogP contribution in [0.2, 0.25) is 0 Å². The number of carbonyl (C=O) groups is 1. The molecule has 0 radical (unpaired) electrons. The second-order valence-corrected chi connectivity index (χ2v) is 5.12. The van der Waals surface area contributed by atoms with Gasteiger partial charge in [-0.1, -0.05) is 0 Å². The molecule has 0 saturated heterocycles. The fourth-order valence-electron chi connectivity index (χ4n) is 0.185. The summed E-state index contributed by atoms with van der Waals surface area (Å²) in [6, 6.07) is 0. The Kier molecular flexibility index (Phi) is 4.01. The maximum atomic E-state index is 10.2. The molecule has 1 nitrogen and oxygen atoms in total. The van der Waals surface area contributed by atoms with Crippen LogP contribution in [0.5, 0.6) is 0 Å². The summed E-state index contributed by atoms with van der Waals surface area (Å²) in [5, 5.41) is 0.456. The van der Waals surface area contributed by atoms with Crippen LogP contribution in [-0.4, -0.2) is 8.84 Å². The van der Waals surface area contributed by atoms with Crippen molar-refractivity contribution in [1.82, 2.24) is 0 Å². The van der Waals surface area contributed by atoms with E-state index >= 15 is 0 Å². The summed E-state index contributed by atoms with van der Waals surface area (Å²) in [6.07, 6.45) is 0. The maximum absolute atomic E-state index is 10.2. The van der Waals surface area contributed by atoms with Crippen molar-refractivity contribution in [2.24, 2.45) is 0 Å². The molecule has 0 aliphatic rings. The van der Waals surface area contributed by atoms with Crippen LogP contribution in [-0.2, 0) is 19.2 Å². The van der Waals surface area contributed by atoms with Gasteiger partial charge in [-0.2, -0.15) is 0 Å². The minimum absolute atomic E-state index is 0.259. The van der Waals surface area contributed by atoms with E-state index in [1.54, 1.807) is 0 Å². The first-order valence-corrected chi connectivity index (χ1v) is 4.23. The number of carbonyl (C=O) groups excluding carboxylic acids is 1. The first-order valence-electron chi connectivity index (χ1n) is 1.99. The van der Waals surface area contributed by atoms with E-state index in [0.717, 1.165) is 0 Å². The summed E-state index contributed by atoms with van der Waals surface area (Å²) in [6.45, 7) is 4.03. The molecule has 0 aliphatic carbocycles. The van der Waals surface area contributed by atoms with Crippen LogP contribution in [0.15, 0.2) is 0 Å². The molecule has 0 aromatic heterocycles. The van der Waals surface area contributed by atoms with Crippen molar-refractivity contribution in [3.63, 3.8) is 0 Å². The van der Waals surface area contributed by atoms with E-state index in [1.807, 2.05) is 13.8 Å². The average Bonchev–Trinajstić information content (AvgIpc) is 1.27. The number of hydrogen-bond donors (Lipinski definition) is 0. The molecule has 0 fully saturated rings. The molecule has 3 heteroatoms. The predicted molar refractivity (Wildman–Crippen MR) is 28.1 cm³/mol. The van der Waals surface area contributed by atoms with Crippen molar-refractivity contribution < 1.29 is 24.0 Å². The zero-order chi connectivity index (χ0) is 5.86. The van der Waals surface area contributed by atoms with Gasteiger partial charge in [0.1, 0.15) is 0 Å². The Morgan fingerprint density at radius 2 is 2.14 bits per heavy atom. The molecule has 0 aromatic rings. The van der Waals surface area contributed by atoms with Crippen LogP contribution in [0.25, 0.3) is 0 Å². The van der Waals surface area contributed by atoms with Gasteiger partial charge in [0.25, 0.3) is 0 Å². The van der Waals surface area contributed by atoms with E-state index in [0.29, 0.717) is 5.25 Å². The summed E-state index contributed by atoms with van der Waals surface area (Å²) in [5.41, 5.74) is 0. The third kappa shape index (κ3) is 6.68. The van der Waals surface area contributed by atoms with Crippen molar-refractivity contribution in [1.29, 1.82) is 0 Å². The van der Waals surface area contributed by atoms with Gasteiger partial charge in [0.05, 0.1) is 0 Å². The summed E-state index contributed by atoms with van der Waals surface area (Å²) in [7, 11) is 0. The van der Waals surface area contributed by atoms with Gasteiger partial charge in [-0.3, -0.25) is 0 Å². The molecule has 7 heavy (non-hydrogen) atoms. The molecule has 0 aromatic carbocycles. The van der Waals surface area contributed by atoms with Gasteiger partial charge in [0, 0.05) is 0 Å². The third-order valence-corrected chi connectivity index (χ3v) is 1.95. The molecule has 0 unspecified atom stereocenters. The molecule has 0 heterocycles. The molecule has 0 saturated carbocycles. The number of thioether (sulfide) groups is 1. The van der Waals surface area contributed by atoms with Crippen molar-refractivity contribution in [3.05, 3.63) is 0 Å². The molecular weight excluding hydrogens is 282 g/mol. The van der Waals surface area contributed by atoms with E-state index in [4.69, 9.17) is 0 Å². The molecule has 0 spiro atoms. The SMILES string of the molecule is CC(C)S[C](=O)[Re]. The topological polar surface area (TPSA) is 17.1 Å². The quantitative estimate of drug-likeness (QED) is 0.732. The van der Waals surface area contributed by atoms with Crippen LogP contribution in [0.4, 0.5) is 4.79 Å². The van der Waals surface area contributed by atoms with Crippen LogP contribution in [0.1, 0.15) is 13.8 Å². The van der Waals surface area contributed by atoms with E-state index in [9.17, 15) is 4.79 Å². The minimum atomic E-state index is 0.259. The second kappa shape index (κ2) is 3.66. The van der Waals surface area contributed by atoms with Crippen LogP contribution < -0.4 is 0 Å². The van der Waals surface area contributed by atoms with Gasteiger partial charge in [0.15, 0.2) is 0 Å². The van der Waals surface area contributed by atoms with Gasteiger partial charge in [0.2, 0.25) is 0 Å². The summed E-state index contributed by atoms with van der Waals surface area (Å²) < 4.78 is 0.259. The Morgan fingerprint density at radius 1 is 1.71 bits per heavy atom. The van der Waals surface area contributed by atoms with E-state index in [-0.39, 0.29) is 3.59 Å². The van der Waals surface area contributed by atoms with Gasteiger partial charge in [-0.25, -0.2) is 0 Å². The van der Waals surface area contributed by atoms with Crippen LogP contribution in [0.3, 0.4) is 0 Å². The molecule has 0 atom stereocenters. The monoisotopic (exact) mass is 290 g/mol. The van der Waals surface area contributed by atoms with Crippen molar-refractivity contribution >= 4 is 15.4 Å². The Bertz CT molecular complexity index is 72.1. The van der Waals surface area contributed by atoms with Gasteiger partial charge < -0.3 is 0 Å². The second-order valence-electron chi connectivity index (χ2n) is 1.40. The van der Waals surface area contributed by atoms with Crippen LogP contribution in [0, 0.1) is 0 Å². The molecule has 0 aliphatic heterocycles. The zero-order valence-electron chi connectivity index (χ0n) is 4.27. The van der Waals surface area contributed by atoms with E-state index in [2.05, 4.69) is 0 Å². The van der Waals surface area contributed by atoms with E-state index in [1.165, 1.54) is 31.0 Å². The van der Waals surface area contributed by atoms with Crippen molar-refractivity contribution in [2.45, 2.75) is 19.1 Å². The van der Waals surface area contributed by atoms with E-state index < -0.39 is 0 Å². The Morgan fingerprint density at radius 3 is 2.14 bits per heavy atom. The van der Waals surface area contributed by atoms with Gasteiger partial charge >= 0.3 is 58.4 Å². The molecule has 42 valence electrons. The average molecular weight is 289 g/mol. The Balaban J connectivity index is 3.13. The first-order chi connectivity index (χ1) is 3.13. The fraction of sp³-hybridized carbons (Fsp3) is 0.750. The molecule has 0 bridgehead atoms. The Hall–Kier alpha value is 0.682. The summed E-state index contributed by atoms with van der Waals surface area (Å²) >= 11 is 2.62. The molecule has 0 N–H and O–H groups in total.